The minimum atomic E-state index is -6.43. The Labute approximate surface area is 155 Å². The number of phenols is 1. The van der Waals surface area contributed by atoms with Gasteiger partial charge in [-0.05, 0) is 48.7 Å². The van der Waals surface area contributed by atoms with Crippen molar-refractivity contribution in [3.05, 3.63) is 34.9 Å². The van der Waals surface area contributed by atoms with E-state index in [-0.39, 0.29) is 17.4 Å². The summed E-state index contributed by atoms with van der Waals surface area (Å²) in [4.78, 5) is 11.6. The van der Waals surface area contributed by atoms with Crippen molar-refractivity contribution in [3.63, 3.8) is 0 Å². The maximum Gasteiger partial charge on any atom is 0.438 e. The lowest BCUT2D eigenvalue weighted by molar-refractivity contribution is -0.360. The summed E-state index contributed by atoms with van der Waals surface area (Å²) in [5, 5.41) is 9.60. The highest BCUT2D eigenvalue weighted by Gasteiger charge is 2.75. The number of ether oxygens (including phenoxy) is 1. The molecule has 0 heterocycles. The smallest absolute Gasteiger partial charge is 0.438 e. The molecule has 28 heavy (non-hydrogen) atoms. The van der Waals surface area contributed by atoms with Gasteiger partial charge >= 0.3 is 23.9 Å². The third-order valence-electron chi connectivity index (χ3n) is 3.50. The van der Waals surface area contributed by atoms with Crippen LogP contribution in [0.1, 0.15) is 16.7 Å². The second-order valence-electron chi connectivity index (χ2n) is 5.78. The lowest BCUT2D eigenvalue weighted by Gasteiger charge is -2.36. The Morgan fingerprint density at radius 1 is 1.11 bits per heavy atom. The predicted molar refractivity (Wildman–Crippen MR) is 82.1 cm³/mol. The molecule has 0 atom stereocenters. The van der Waals surface area contributed by atoms with E-state index in [2.05, 4.69) is 4.74 Å². The fourth-order valence-corrected chi connectivity index (χ4v) is 3.06. The molecule has 158 valence electrons. The van der Waals surface area contributed by atoms with E-state index >= 15 is 0 Å². The summed E-state index contributed by atoms with van der Waals surface area (Å²) in [6.07, 6.45) is -11.9. The molecule has 0 radical (unpaired) electrons. The monoisotopic (exact) mass is 435 g/mol. The first-order chi connectivity index (χ1) is 12.4. The number of hydrogen-bond acceptors (Lipinski definition) is 6. The van der Waals surface area contributed by atoms with Crippen LogP contribution in [0.25, 0.3) is 6.08 Å². The lowest BCUT2D eigenvalue weighted by atomic mass is 10.0. The van der Waals surface area contributed by atoms with Gasteiger partial charge in [-0.15, -0.1) is 0 Å². The minimum absolute atomic E-state index is 0.103. The van der Waals surface area contributed by atoms with E-state index in [4.69, 9.17) is 0 Å². The quantitative estimate of drug-likeness (QED) is 0.330. The van der Waals surface area contributed by atoms with Gasteiger partial charge < -0.3 is 14.4 Å². The van der Waals surface area contributed by atoms with Crippen molar-refractivity contribution in [3.8, 4) is 5.75 Å². The van der Waals surface area contributed by atoms with Crippen molar-refractivity contribution in [2.24, 2.45) is 0 Å². The van der Waals surface area contributed by atoms with E-state index in [9.17, 15) is 49.2 Å². The van der Waals surface area contributed by atoms with Crippen LogP contribution < -0.4 is 0 Å². The minimum Gasteiger partial charge on any atom is -0.748 e. The molecule has 6 nitrogen and oxygen atoms in total. The Balaban J connectivity index is 3.31. The molecule has 0 aliphatic carbocycles. The van der Waals surface area contributed by atoms with E-state index in [1.807, 2.05) is 0 Å². The zero-order valence-corrected chi connectivity index (χ0v) is 15.0. The van der Waals surface area contributed by atoms with E-state index in [1.54, 1.807) is 0 Å². The van der Waals surface area contributed by atoms with Crippen molar-refractivity contribution in [2.45, 2.75) is 31.8 Å². The Bertz CT molecular complexity index is 848. The van der Waals surface area contributed by atoms with E-state index in [0.29, 0.717) is 11.1 Å². The van der Waals surface area contributed by atoms with Crippen molar-refractivity contribution in [2.75, 3.05) is 5.75 Å². The van der Waals surface area contributed by atoms with Gasteiger partial charge in [0.1, 0.15) is 5.75 Å². The van der Waals surface area contributed by atoms with Gasteiger partial charge in [0.2, 0.25) is 0 Å². The summed E-state index contributed by atoms with van der Waals surface area (Å²) in [5.74, 6) is -5.35. The van der Waals surface area contributed by atoms with Gasteiger partial charge in [-0.25, -0.2) is 13.2 Å². The molecule has 0 bridgehead atoms. The summed E-state index contributed by atoms with van der Waals surface area (Å²) in [7, 11) is -6.10. The number of esters is 1. The fourth-order valence-electron chi connectivity index (χ4n) is 2.17. The molecule has 0 saturated heterocycles. The second-order valence-corrected chi connectivity index (χ2v) is 7.19. The van der Waals surface area contributed by atoms with Gasteiger partial charge in [0.05, 0.1) is 15.9 Å². The highest BCUT2D eigenvalue weighted by Crippen LogP contribution is 2.46. The van der Waals surface area contributed by atoms with Crippen molar-refractivity contribution < 1.29 is 54.0 Å². The van der Waals surface area contributed by atoms with Gasteiger partial charge in [0, 0.05) is 6.08 Å². The van der Waals surface area contributed by atoms with Crippen LogP contribution in [-0.2, 0) is 19.6 Å². The maximum atomic E-state index is 13.0. The van der Waals surface area contributed by atoms with Gasteiger partial charge in [-0.2, -0.15) is 26.3 Å². The third kappa shape index (κ3) is 5.38. The van der Waals surface area contributed by atoms with E-state index in [1.165, 1.54) is 26.0 Å². The summed E-state index contributed by atoms with van der Waals surface area (Å²) in [6, 6.07) is 2.55. The number of alkyl halides is 6. The molecule has 0 aliphatic heterocycles. The topological polar surface area (TPSA) is 104 Å². The van der Waals surface area contributed by atoms with E-state index in [0.717, 1.165) is 6.08 Å². The Morgan fingerprint density at radius 3 is 1.89 bits per heavy atom. The molecule has 1 aromatic carbocycles. The number of rotatable bonds is 5. The number of aryl methyl sites for hydroxylation is 2. The first kappa shape index (κ1) is 23.8. The molecule has 1 aromatic rings. The number of hydrogen-bond donors (Lipinski definition) is 1. The van der Waals surface area contributed by atoms with Crippen molar-refractivity contribution in [1.29, 1.82) is 0 Å². The Morgan fingerprint density at radius 2 is 1.54 bits per heavy atom. The van der Waals surface area contributed by atoms with Crippen LogP contribution >= 0.6 is 0 Å². The van der Waals surface area contributed by atoms with Crippen LogP contribution in [0.15, 0.2) is 18.2 Å². The molecule has 1 rings (SSSR count). The van der Waals surface area contributed by atoms with Gasteiger partial charge in [-0.3, -0.25) is 0 Å². The van der Waals surface area contributed by atoms with Crippen molar-refractivity contribution >= 4 is 22.2 Å². The first-order valence-electron chi connectivity index (χ1n) is 7.18. The van der Waals surface area contributed by atoms with Crippen molar-refractivity contribution in [1.82, 2.24) is 0 Å². The molecule has 1 N–H and O–H groups in total. The average molecular weight is 435 g/mol. The fraction of sp³-hybridized carbons (Fsp3) is 0.400. The van der Waals surface area contributed by atoms with Crippen LogP contribution in [0.4, 0.5) is 26.3 Å². The second kappa shape index (κ2) is 7.62. The SMILES string of the molecule is Cc1cc(/C=C/C(=O)OC(CS(=O)(=O)[O-])(C(F)(F)F)C(F)(F)F)cc(C)c1O. The maximum absolute atomic E-state index is 13.0. The normalized spacial score (nSPS) is 13.8. The highest BCUT2D eigenvalue weighted by atomic mass is 32.2. The summed E-state index contributed by atoms with van der Waals surface area (Å²) >= 11 is 0. The van der Waals surface area contributed by atoms with Crippen LogP contribution in [-0.4, -0.2) is 47.8 Å². The molecule has 0 aliphatic rings. The number of phenolic OH excluding ortho intramolecular Hbond substituents is 1. The molecule has 0 saturated carbocycles. The number of carbonyl (C=O) groups is 1. The molecule has 0 aromatic heterocycles. The van der Waals surface area contributed by atoms with Gasteiger partial charge in [-0.1, -0.05) is 0 Å². The van der Waals surface area contributed by atoms with Crippen LogP contribution in [0.5, 0.6) is 5.75 Å². The number of halogens is 6. The third-order valence-corrected chi connectivity index (χ3v) is 4.26. The highest BCUT2D eigenvalue weighted by molar-refractivity contribution is 7.85. The molecule has 0 spiro atoms. The molecular weight excluding hydrogens is 422 g/mol. The molecule has 13 heteroatoms. The Hall–Kier alpha value is -2.28. The zero-order valence-electron chi connectivity index (χ0n) is 14.2. The van der Waals surface area contributed by atoms with Gasteiger partial charge in [0.15, 0.2) is 0 Å². The molecular formula is C15H13F6O6S-. The lowest BCUT2D eigenvalue weighted by Crippen LogP contribution is -2.63. The predicted octanol–water partition coefficient (Wildman–Crippen LogP) is 2.97. The van der Waals surface area contributed by atoms with Crippen LogP contribution in [0, 0.1) is 13.8 Å². The average Bonchev–Trinajstić information content (AvgIpc) is 2.46. The number of benzene rings is 1. The number of aromatic hydroxyl groups is 1. The summed E-state index contributed by atoms with van der Waals surface area (Å²) in [5.41, 5.74) is -4.77. The summed E-state index contributed by atoms with van der Waals surface area (Å²) in [6.45, 7) is 2.91. The molecule has 0 amide bonds. The van der Waals surface area contributed by atoms with Crippen LogP contribution in [0.2, 0.25) is 0 Å². The van der Waals surface area contributed by atoms with Gasteiger partial charge in [0.25, 0.3) is 0 Å². The Kier molecular flexibility index (Phi) is 6.47. The molecule has 0 fully saturated rings. The largest absolute Gasteiger partial charge is 0.748 e. The molecule has 0 unspecified atom stereocenters. The zero-order chi connectivity index (χ0) is 22.1. The van der Waals surface area contributed by atoms with Crippen LogP contribution in [0.3, 0.4) is 0 Å². The van der Waals surface area contributed by atoms with E-state index < -0.39 is 39.8 Å². The first-order valence-corrected chi connectivity index (χ1v) is 8.75. The standard InChI is InChI=1S/C15H14F6O6S/c1-8-5-10(6-9(2)12(8)23)3-4-11(22)27-13(14(16,17)18,15(19,20)21)7-28(24,25)26/h3-6,23H,7H2,1-2H3,(H,24,25,26)/p-1/b4-3+. The summed E-state index contributed by atoms with van der Waals surface area (Å²) < 4.78 is 113. The number of carbonyl (C=O) groups excluding carboxylic acids is 1.